The monoisotopic (exact) mass is 313 g/mol. The fourth-order valence-corrected chi connectivity index (χ4v) is 2.91. The van der Waals surface area contributed by atoms with Gasteiger partial charge in [-0.1, -0.05) is 18.2 Å². The van der Waals surface area contributed by atoms with E-state index >= 15 is 0 Å². The largest absolute Gasteiger partial charge is 0.347 e. The van der Waals surface area contributed by atoms with Gasteiger partial charge in [-0.05, 0) is 30.9 Å². The summed E-state index contributed by atoms with van der Waals surface area (Å²) in [5.41, 5.74) is -0.0519. The van der Waals surface area contributed by atoms with E-state index < -0.39 is 0 Å². The normalized spacial score (nSPS) is 15.9. The number of amides is 2. The Balaban J connectivity index is 1.73. The fourth-order valence-electron chi connectivity index (χ4n) is 2.91. The van der Waals surface area contributed by atoms with Crippen molar-refractivity contribution in [3.05, 3.63) is 46.4 Å². The number of nitrogens with one attached hydrogen (secondary N) is 2. The van der Waals surface area contributed by atoms with E-state index in [9.17, 15) is 14.4 Å². The fraction of sp³-hybridized carbons (Fsp3) is 0.353. The maximum atomic E-state index is 12.3. The van der Waals surface area contributed by atoms with Gasteiger partial charge in [0.2, 0.25) is 5.91 Å². The molecule has 2 heterocycles. The van der Waals surface area contributed by atoms with Crippen molar-refractivity contribution in [3.63, 3.8) is 0 Å². The number of aromatic nitrogens is 1. The van der Waals surface area contributed by atoms with Crippen LogP contribution in [0.15, 0.2) is 35.1 Å². The molecule has 1 aromatic carbocycles. The molecule has 1 fully saturated rings. The van der Waals surface area contributed by atoms with Crippen LogP contribution in [0.2, 0.25) is 0 Å². The zero-order valence-electron chi connectivity index (χ0n) is 13.0. The number of likely N-dealkylation sites (tertiary alicyclic amines) is 1. The van der Waals surface area contributed by atoms with Gasteiger partial charge in [0, 0.05) is 30.9 Å². The Morgan fingerprint density at radius 2 is 2.13 bits per heavy atom. The van der Waals surface area contributed by atoms with E-state index in [1.54, 1.807) is 29.2 Å². The molecule has 0 bridgehead atoms. The van der Waals surface area contributed by atoms with E-state index in [4.69, 9.17) is 0 Å². The smallest absolute Gasteiger partial charge is 0.268 e. The van der Waals surface area contributed by atoms with Crippen molar-refractivity contribution >= 4 is 22.6 Å². The SMILES string of the molecule is C[C@@H](CN1CCCC1=O)NC(=O)c1cc2ccccc2c(=O)[nH]1. The van der Waals surface area contributed by atoms with Gasteiger partial charge in [-0.25, -0.2) is 0 Å². The van der Waals surface area contributed by atoms with Crippen LogP contribution in [0.4, 0.5) is 0 Å². The predicted octanol–water partition coefficient (Wildman–Crippen LogP) is 1.27. The standard InChI is InChI=1S/C17H19N3O3/c1-11(10-20-8-4-7-15(20)21)18-17(23)14-9-12-5-2-3-6-13(12)16(22)19-14/h2-3,5-6,9,11H,4,7-8,10H2,1H3,(H,18,23)(H,19,22)/t11-/m0/s1. The molecule has 0 aliphatic carbocycles. The quantitative estimate of drug-likeness (QED) is 0.892. The van der Waals surface area contributed by atoms with Crippen LogP contribution in [0, 0.1) is 0 Å². The molecule has 23 heavy (non-hydrogen) atoms. The van der Waals surface area contributed by atoms with Crippen LogP contribution in [-0.2, 0) is 4.79 Å². The minimum absolute atomic E-state index is 0.130. The lowest BCUT2D eigenvalue weighted by Crippen LogP contribution is -2.42. The second-order valence-corrected chi connectivity index (χ2v) is 5.92. The summed E-state index contributed by atoms with van der Waals surface area (Å²) >= 11 is 0. The van der Waals surface area contributed by atoms with Crippen molar-refractivity contribution in [3.8, 4) is 0 Å². The van der Waals surface area contributed by atoms with Crippen molar-refractivity contribution in [2.24, 2.45) is 0 Å². The molecule has 1 aromatic heterocycles. The molecular weight excluding hydrogens is 294 g/mol. The highest BCUT2D eigenvalue weighted by Crippen LogP contribution is 2.11. The molecule has 2 aromatic rings. The molecule has 2 amide bonds. The maximum absolute atomic E-state index is 12.3. The lowest BCUT2D eigenvalue weighted by Gasteiger charge is -2.21. The third kappa shape index (κ3) is 3.26. The van der Waals surface area contributed by atoms with Gasteiger partial charge in [-0.15, -0.1) is 0 Å². The summed E-state index contributed by atoms with van der Waals surface area (Å²) in [6, 6.07) is 8.61. The molecule has 2 N–H and O–H groups in total. The van der Waals surface area contributed by atoms with E-state index in [2.05, 4.69) is 10.3 Å². The van der Waals surface area contributed by atoms with Crippen LogP contribution >= 0.6 is 0 Å². The molecule has 1 aliphatic heterocycles. The number of hydrogen-bond donors (Lipinski definition) is 2. The minimum Gasteiger partial charge on any atom is -0.347 e. The number of benzene rings is 1. The lowest BCUT2D eigenvalue weighted by molar-refractivity contribution is -0.127. The summed E-state index contributed by atoms with van der Waals surface area (Å²) in [6.07, 6.45) is 1.45. The summed E-state index contributed by atoms with van der Waals surface area (Å²) < 4.78 is 0. The van der Waals surface area contributed by atoms with Crippen LogP contribution in [0.5, 0.6) is 0 Å². The van der Waals surface area contributed by atoms with E-state index in [0.717, 1.165) is 18.4 Å². The number of carbonyl (C=O) groups is 2. The van der Waals surface area contributed by atoms with E-state index in [-0.39, 0.29) is 29.1 Å². The predicted molar refractivity (Wildman–Crippen MR) is 87.3 cm³/mol. The van der Waals surface area contributed by atoms with Crippen LogP contribution in [-0.4, -0.2) is 40.8 Å². The first-order valence-electron chi connectivity index (χ1n) is 7.75. The third-order valence-electron chi connectivity index (χ3n) is 4.04. The molecule has 3 rings (SSSR count). The topological polar surface area (TPSA) is 82.3 Å². The molecule has 0 spiro atoms. The molecule has 0 radical (unpaired) electrons. The first kappa shape index (κ1) is 15.3. The Morgan fingerprint density at radius 3 is 2.87 bits per heavy atom. The summed E-state index contributed by atoms with van der Waals surface area (Å²) in [5, 5.41) is 4.11. The number of fused-ring (bicyclic) bond motifs is 1. The molecule has 1 atom stereocenters. The van der Waals surface area contributed by atoms with Crippen molar-refractivity contribution in [1.82, 2.24) is 15.2 Å². The Labute approximate surface area is 133 Å². The minimum atomic E-state index is -0.341. The Kier molecular flexibility index (Phi) is 4.14. The van der Waals surface area contributed by atoms with Crippen LogP contribution in [0.1, 0.15) is 30.3 Å². The van der Waals surface area contributed by atoms with Gasteiger partial charge in [-0.2, -0.15) is 0 Å². The molecule has 6 nitrogen and oxygen atoms in total. The van der Waals surface area contributed by atoms with Crippen LogP contribution < -0.4 is 10.9 Å². The van der Waals surface area contributed by atoms with Crippen molar-refractivity contribution in [2.45, 2.75) is 25.8 Å². The van der Waals surface area contributed by atoms with E-state index in [0.29, 0.717) is 18.4 Å². The lowest BCUT2D eigenvalue weighted by atomic mass is 10.1. The molecule has 0 saturated carbocycles. The first-order chi connectivity index (χ1) is 11.0. The van der Waals surface area contributed by atoms with Gasteiger partial charge in [0.25, 0.3) is 11.5 Å². The third-order valence-corrected chi connectivity index (χ3v) is 4.04. The number of aromatic amines is 1. The van der Waals surface area contributed by atoms with Gasteiger partial charge < -0.3 is 15.2 Å². The Morgan fingerprint density at radius 1 is 1.35 bits per heavy atom. The van der Waals surface area contributed by atoms with Crippen molar-refractivity contribution < 1.29 is 9.59 Å². The van der Waals surface area contributed by atoms with E-state index in [1.165, 1.54) is 0 Å². The zero-order chi connectivity index (χ0) is 16.4. The summed E-state index contributed by atoms with van der Waals surface area (Å²) in [4.78, 5) is 40.3. The number of pyridine rings is 1. The highest BCUT2D eigenvalue weighted by molar-refractivity contribution is 5.96. The number of carbonyl (C=O) groups excluding carboxylic acids is 2. The van der Waals surface area contributed by atoms with Crippen molar-refractivity contribution in [2.75, 3.05) is 13.1 Å². The van der Waals surface area contributed by atoms with Gasteiger partial charge in [0.05, 0.1) is 0 Å². The van der Waals surface area contributed by atoms with E-state index in [1.807, 2.05) is 13.0 Å². The highest BCUT2D eigenvalue weighted by Gasteiger charge is 2.22. The zero-order valence-corrected chi connectivity index (χ0v) is 13.0. The van der Waals surface area contributed by atoms with Gasteiger partial charge >= 0.3 is 0 Å². The summed E-state index contributed by atoms with van der Waals surface area (Å²) in [7, 11) is 0. The highest BCUT2D eigenvalue weighted by atomic mass is 16.2. The summed E-state index contributed by atoms with van der Waals surface area (Å²) in [6.45, 7) is 3.08. The van der Waals surface area contributed by atoms with Crippen LogP contribution in [0.25, 0.3) is 10.8 Å². The molecule has 1 saturated heterocycles. The average Bonchev–Trinajstić information content (AvgIpc) is 2.92. The summed E-state index contributed by atoms with van der Waals surface area (Å²) in [5.74, 6) is -0.211. The molecule has 120 valence electrons. The Hall–Kier alpha value is -2.63. The average molecular weight is 313 g/mol. The second kappa shape index (κ2) is 6.24. The number of nitrogens with zero attached hydrogens (tertiary/aromatic N) is 1. The first-order valence-corrected chi connectivity index (χ1v) is 7.75. The van der Waals surface area contributed by atoms with Gasteiger partial charge in [-0.3, -0.25) is 14.4 Å². The number of H-pyrrole nitrogens is 1. The number of rotatable bonds is 4. The van der Waals surface area contributed by atoms with Gasteiger partial charge in [0.15, 0.2) is 0 Å². The molecule has 1 aliphatic rings. The van der Waals surface area contributed by atoms with Gasteiger partial charge in [0.1, 0.15) is 5.69 Å². The molecule has 0 unspecified atom stereocenters. The van der Waals surface area contributed by atoms with Crippen LogP contribution in [0.3, 0.4) is 0 Å². The molecule has 6 heteroatoms. The maximum Gasteiger partial charge on any atom is 0.268 e. The number of hydrogen-bond acceptors (Lipinski definition) is 3. The van der Waals surface area contributed by atoms with Crippen molar-refractivity contribution in [1.29, 1.82) is 0 Å². The Bertz CT molecular complexity index is 812. The molecular formula is C17H19N3O3. The second-order valence-electron chi connectivity index (χ2n) is 5.92.